The summed E-state index contributed by atoms with van der Waals surface area (Å²) in [6.45, 7) is 9.29. The molecule has 2 saturated heterocycles. The lowest BCUT2D eigenvalue weighted by Crippen LogP contribution is -2.39. The van der Waals surface area contributed by atoms with E-state index in [0.717, 1.165) is 97.2 Å². The van der Waals surface area contributed by atoms with Crippen molar-refractivity contribution < 1.29 is 9.53 Å². The molecule has 0 aromatic heterocycles. The van der Waals surface area contributed by atoms with E-state index in [1.54, 1.807) is 0 Å². The van der Waals surface area contributed by atoms with E-state index in [9.17, 15) is 4.79 Å². The fourth-order valence-electron chi connectivity index (χ4n) is 4.39. The van der Waals surface area contributed by atoms with Crippen LogP contribution in [0.5, 0.6) is 0 Å². The third-order valence-electron chi connectivity index (χ3n) is 6.47. The molecule has 1 amide bonds. The summed E-state index contributed by atoms with van der Waals surface area (Å²) in [7, 11) is 1.82. The van der Waals surface area contributed by atoms with Crippen LogP contribution in [0.25, 0.3) is 0 Å². The lowest BCUT2D eigenvalue weighted by atomic mass is 9.96. The Bertz CT molecular complexity index is 727. The number of hydrogen-bond acceptors (Lipinski definition) is 5. The van der Waals surface area contributed by atoms with Gasteiger partial charge >= 0.3 is 0 Å². The summed E-state index contributed by atoms with van der Waals surface area (Å²) < 4.78 is 5.47. The van der Waals surface area contributed by atoms with Crippen molar-refractivity contribution >= 4 is 11.9 Å². The third-order valence-corrected chi connectivity index (χ3v) is 6.47. The molecule has 2 aliphatic rings. The number of aliphatic imine (C=N–C) groups is 1. The van der Waals surface area contributed by atoms with Gasteiger partial charge in [0.05, 0.1) is 13.2 Å². The summed E-state index contributed by atoms with van der Waals surface area (Å²) in [5.41, 5.74) is 8.08. The Balaban J connectivity index is 1.33. The molecule has 0 spiro atoms. The molecule has 1 aromatic rings. The van der Waals surface area contributed by atoms with E-state index in [1.165, 1.54) is 11.1 Å². The van der Waals surface area contributed by atoms with Crippen LogP contribution < -0.4 is 16.4 Å². The summed E-state index contributed by atoms with van der Waals surface area (Å²) in [6.07, 6.45) is 4.02. The van der Waals surface area contributed by atoms with Crippen LogP contribution in [0.2, 0.25) is 0 Å². The molecule has 2 heterocycles. The van der Waals surface area contributed by atoms with Gasteiger partial charge in [0.25, 0.3) is 0 Å². The number of nitrogens with one attached hydrogen (secondary N) is 2. The van der Waals surface area contributed by atoms with Crippen LogP contribution in [0.1, 0.15) is 36.8 Å². The fourth-order valence-corrected chi connectivity index (χ4v) is 4.39. The Morgan fingerprint density at radius 1 is 1.06 bits per heavy atom. The van der Waals surface area contributed by atoms with E-state index in [0.29, 0.717) is 0 Å². The zero-order chi connectivity index (χ0) is 22.6. The minimum Gasteiger partial charge on any atom is -0.379 e. The molecule has 2 fully saturated rings. The predicted octanol–water partition coefficient (Wildman–Crippen LogP) is 1.16. The van der Waals surface area contributed by atoms with Gasteiger partial charge in [-0.05, 0) is 56.4 Å². The summed E-state index contributed by atoms with van der Waals surface area (Å²) >= 11 is 0. The van der Waals surface area contributed by atoms with Gasteiger partial charge in [0.1, 0.15) is 0 Å². The maximum absolute atomic E-state index is 11.3. The van der Waals surface area contributed by atoms with Gasteiger partial charge in [0.15, 0.2) is 5.96 Å². The van der Waals surface area contributed by atoms with Crippen molar-refractivity contribution in [2.75, 3.05) is 59.5 Å². The second-order valence-electron chi connectivity index (χ2n) is 8.74. The summed E-state index contributed by atoms with van der Waals surface area (Å²) in [5, 5.41) is 6.89. The lowest BCUT2D eigenvalue weighted by Gasteiger charge is -2.30. The number of hydrogen-bond donors (Lipinski definition) is 3. The molecule has 8 nitrogen and oxygen atoms in total. The van der Waals surface area contributed by atoms with Crippen LogP contribution in [0.3, 0.4) is 0 Å². The molecule has 8 heteroatoms. The number of rotatable bonds is 10. The molecule has 0 aliphatic carbocycles. The molecule has 1 aromatic carbocycles. The van der Waals surface area contributed by atoms with Gasteiger partial charge in [0.2, 0.25) is 5.91 Å². The average Bonchev–Trinajstić information content (AvgIpc) is 2.82. The Morgan fingerprint density at radius 3 is 2.47 bits per heavy atom. The highest BCUT2D eigenvalue weighted by Gasteiger charge is 2.22. The topological polar surface area (TPSA) is 95.2 Å². The molecule has 0 saturated carbocycles. The third kappa shape index (κ3) is 8.07. The summed E-state index contributed by atoms with van der Waals surface area (Å²) in [4.78, 5) is 20.5. The number of carbonyl (C=O) groups excluding carboxylic acids is 1. The minimum atomic E-state index is -0.142. The quantitative estimate of drug-likeness (QED) is 0.285. The van der Waals surface area contributed by atoms with Crippen LogP contribution in [0, 0.1) is 5.92 Å². The molecule has 4 N–H and O–H groups in total. The first-order chi connectivity index (χ1) is 15.7. The Kier molecular flexibility index (Phi) is 10.3. The second-order valence-corrected chi connectivity index (χ2v) is 8.74. The van der Waals surface area contributed by atoms with E-state index >= 15 is 0 Å². The number of piperidine rings is 1. The zero-order valence-corrected chi connectivity index (χ0v) is 19.5. The Labute approximate surface area is 192 Å². The smallest absolute Gasteiger partial charge is 0.220 e. The van der Waals surface area contributed by atoms with E-state index in [-0.39, 0.29) is 11.8 Å². The number of nitrogens with zero attached hydrogens (tertiary/aromatic N) is 3. The normalized spacial score (nSPS) is 19.1. The molecule has 0 atom stereocenters. The van der Waals surface area contributed by atoms with Gasteiger partial charge in [-0.1, -0.05) is 24.3 Å². The van der Waals surface area contributed by atoms with Crippen LogP contribution >= 0.6 is 0 Å². The van der Waals surface area contributed by atoms with Crippen molar-refractivity contribution in [2.24, 2.45) is 16.6 Å². The van der Waals surface area contributed by atoms with Crippen molar-refractivity contribution in [3.8, 4) is 0 Å². The zero-order valence-electron chi connectivity index (χ0n) is 19.5. The minimum absolute atomic E-state index is 0.0707. The van der Waals surface area contributed by atoms with E-state index in [4.69, 9.17) is 10.5 Å². The highest BCUT2D eigenvalue weighted by molar-refractivity contribution is 5.79. The number of morpholine rings is 1. The van der Waals surface area contributed by atoms with Gasteiger partial charge in [-0.3, -0.25) is 14.7 Å². The Hall–Kier alpha value is -2.16. The first-order valence-electron chi connectivity index (χ1n) is 12.0. The SMILES string of the molecule is CN=C(NCCCCN1CCC(C(N)=O)CC1)NCc1ccccc1CN1CCOCC1. The van der Waals surface area contributed by atoms with E-state index < -0.39 is 0 Å². The van der Waals surface area contributed by atoms with Crippen molar-refractivity contribution in [1.29, 1.82) is 0 Å². The van der Waals surface area contributed by atoms with Crippen LogP contribution in [-0.4, -0.2) is 81.2 Å². The molecule has 0 unspecified atom stereocenters. The number of guanidine groups is 1. The number of likely N-dealkylation sites (tertiary alicyclic amines) is 1. The molecule has 32 heavy (non-hydrogen) atoms. The maximum atomic E-state index is 11.3. The number of unbranched alkanes of at least 4 members (excludes halogenated alkanes) is 1. The highest BCUT2D eigenvalue weighted by Crippen LogP contribution is 2.17. The first-order valence-corrected chi connectivity index (χ1v) is 12.0. The van der Waals surface area contributed by atoms with E-state index in [1.807, 2.05) is 7.05 Å². The number of carbonyl (C=O) groups is 1. The molecule has 0 radical (unpaired) electrons. The second kappa shape index (κ2) is 13.4. The first kappa shape index (κ1) is 24.5. The van der Waals surface area contributed by atoms with Crippen molar-refractivity contribution in [3.05, 3.63) is 35.4 Å². The summed E-state index contributed by atoms with van der Waals surface area (Å²) in [6, 6.07) is 8.62. The lowest BCUT2D eigenvalue weighted by molar-refractivity contribution is -0.123. The summed E-state index contributed by atoms with van der Waals surface area (Å²) in [5.74, 6) is 0.770. The molecule has 2 aliphatic heterocycles. The standard InChI is InChI=1S/C24H40N6O2/c1-26-24(27-10-4-5-11-29-12-8-20(9-13-29)23(25)31)28-18-21-6-2-3-7-22(21)19-30-14-16-32-17-15-30/h2-3,6-7,20H,4-5,8-19H2,1H3,(H2,25,31)(H2,26,27,28). The van der Waals surface area contributed by atoms with Gasteiger partial charge in [0, 0.05) is 45.7 Å². The largest absolute Gasteiger partial charge is 0.379 e. The number of nitrogens with two attached hydrogens (primary N) is 1. The van der Waals surface area contributed by atoms with Gasteiger partial charge in [-0.15, -0.1) is 0 Å². The molecule has 178 valence electrons. The van der Waals surface area contributed by atoms with Gasteiger partial charge < -0.3 is 26.0 Å². The predicted molar refractivity (Wildman–Crippen MR) is 128 cm³/mol. The molecular formula is C24H40N6O2. The Morgan fingerprint density at radius 2 is 1.78 bits per heavy atom. The van der Waals surface area contributed by atoms with Crippen molar-refractivity contribution in [2.45, 2.75) is 38.8 Å². The van der Waals surface area contributed by atoms with E-state index in [2.05, 4.69) is 49.7 Å². The average molecular weight is 445 g/mol. The fraction of sp³-hybridized carbons (Fsp3) is 0.667. The number of ether oxygens (including phenoxy) is 1. The maximum Gasteiger partial charge on any atom is 0.220 e. The monoisotopic (exact) mass is 444 g/mol. The number of primary amides is 1. The number of amides is 1. The number of benzene rings is 1. The van der Waals surface area contributed by atoms with Gasteiger partial charge in [-0.2, -0.15) is 0 Å². The molecule has 0 bridgehead atoms. The van der Waals surface area contributed by atoms with Crippen LogP contribution in [-0.2, 0) is 22.6 Å². The van der Waals surface area contributed by atoms with Gasteiger partial charge in [-0.25, -0.2) is 0 Å². The van der Waals surface area contributed by atoms with Crippen molar-refractivity contribution in [1.82, 2.24) is 20.4 Å². The van der Waals surface area contributed by atoms with Crippen LogP contribution in [0.4, 0.5) is 0 Å². The highest BCUT2D eigenvalue weighted by atomic mass is 16.5. The molecule has 3 rings (SSSR count). The van der Waals surface area contributed by atoms with Crippen LogP contribution in [0.15, 0.2) is 29.3 Å². The molecular weight excluding hydrogens is 404 g/mol. The van der Waals surface area contributed by atoms with Crippen molar-refractivity contribution in [3.63, 3.8) is 0 Å².